The van der Waals surface area contributed by atoms with Crippen molar-refractivity contribution in [2.24, 2.45) is 0 Å². The van der Waals surface area contributed by atoms with Gasteiger partial charge >= 0.3 is 0 Å². The summed E-state index contributed by atoms with van der Waals surface area (Å²) in [5.74, 6) is -0.102. The molecule has 88 valence electrons. The van der Waals surface area contributed by atoms with Crippen LogP contribution >= 0.6 is 0 Å². The van der Waals surface area contributed by atoms with Crippen LogP contribution < -0.4 is 10.6 Å². The van der Waals surface area contributed by atoms with Crippen molar-refractivity contribution in [1.82, 2.24) is 5.32 Å². The normalized spacial score (nSPS) is 10.5. The minimum atomic E-state index is -0.102. The van der Waals surface area contributed by atoms with Crippen molar-refractivity contribution in [1.29, 1.82) is 0 Å². The zero-order valence-electron chi connectivity index (χ0n) is 9.66. The van der Waals surface area contributed by atoms with E-state index in [1.165, 1.54) is 0 Å². The molecule has 1 aromatic carbocycles. The smallest absolute Gasteiger partial charge is 0.238 e. The van der Waals surface area contributed by atoms with Crippen LogP contribution in [0, 0.1) is 0 Å². The van der Waals surface area contributed by atoms with Crippen LogP contribution in [0.3, 0.4) is 0 Å². The molecular weight excluding hydrogens is 204 g/mol. The van der Waals surface area contributed by atoms with Crippen molar-refractivity contribution in [3.8, 4) is 0 Å². The van der Waals surface area contributed by atoms with Gasteiger partial charge in [0.25, 0.3) is 0 Å². The molecule has 0 aliphatic heterocycles. The van der Waals surface area contributed by atoms with Crippen molar-refractivity contribution in [2.45, 2.75) is 26.5 Å². The van der Waals surface area contributed by atoms with E-state index in [0.717, 1.165) is 5.56 Å². The number of aliphatic hydroxyl groups is 1. The van der Waals surface area contributed by atoms with E-state index in [-0.39, 0.29) is 25.1 Å². The summed E-state index contributed by atoms with van der Waals surface area (Å²) in [6.45, 7) is 4.16. The zero-order valence-corrected chi connectivity index (χ0v) is 9.66. The summed E-state index contributed by atoms with van der Waals surface area (Å²) in [5.41, 5.74) is 1.39. The van der Waals surface area contributed by atoms with Crippen molar-refractivity contribution in [3.63, 3.8) is 0 Å². The number of carbonyl (C=O) groups is 1. The Hall–Kier alpha value is -1.39. The standard InChI is InChI=1S/C12H18N2O2/c1-9(2)13-7-12(16)14-11-6-4-3-5-10(11)8-15/h3-6,9,13,15H,7-8H2,1-2H3,(H,14,16). The Morgan fingerprint density at radius 1 is 1.38 bits per heavy atom. The second-order valence-corrected chi connectivity index (χ2v) is 3.90. The molecule has 3 N–H and O–H groups in total. The zero-order chi connectivity index (χ0) is 12.0. The second kappa shape index (κ2) is 6.25. The number of nitrogens with one attached hydrogen (secondary N) is 2. The molecule has 0 heterocycles. The van der Waals surface area contributed by atoms with Gasteiger partial charge < -0.3 is 15.7 Å². The maximum atomic E-state index is 11.5. The van der Waals surface area contributed by atoms with E-state index in [0.29, 0.717) is 5.69 Å². The first kappa shape index (κ1) is 12.7. The van der Waals surface area contributed by atoms with Gasteiger partial charge in [-0.15, -0.1) is 0 Å². The van der Waals surface area contributed by atoms with Crippen molar-refractivity contribution in [3.05, 3.63) is 29.8 Å². The monoisotopic (exact) mass is 222 g/mol. The fourth-order valence-corrected chi connectivity index (χ4v) is 1.27. The lowest BCUT2D eigenvalue weighted by Gasteiger charge is -2.11. The lowest BCUT2D eigenvalue weighted by atomic mass is 10.2. The van der Waals surface area contributed by atoms with Gasteiger partial charge in [0.2, 0.25) is 5.91 Å². The number of carbonyl (C=O) groups excluding carboxylic acids is 1. The predicted octanol–water partition coefficient (Wildman–Crippen LogP) is 1.12. The van der Waals surface area contributed by atoms with Gasteiger partial charge in [0.05, 0.1) is 13.2 Å². The molecule has 1 amide bonds. The summed E-state index contributed by atoms with van der Waals surface area (Å²) in [4.78, 5) is 11.5. The molecule has 1 rings (SSSR count). The maximum absolute atomic E-state index is 11.5. The molecule has 4 nitrogen and oxygen atoms in total. The molecule has 0 bridgehead atoms. The molecule has 0 radical (unpaired) electrons. The highest BCUT2D eigenvalue weighted by Crippen LogP contribution is 2.14. The number of aliphatic hydroxyl groups excluding tert-OH is 1. The van der Waals surface area contributed by atoms with Gasteiger partial charge in [-0.05, 0) is 6.07 Å². The molecule has 0 fully saturated rings. The van der Waals surface area contributed by atoms with E-state index >= 15 is 0 Å². The SMILES string of the molecule is CC(C)NCC(=O)Nc1ccccc1CO. The molecule has 16 heavy (non-hydrogen) atoms. The van der Waals surface area contributed by atoms with Crippen LogP contribution in [0.2, 0.25) is 0 Å². The predicted molar refractivity (Wildman–Crippen MR) is 64.1 cm³/mol. The molecule has 1 aromatic rings. The summed E-state index contributed by atoms with van der Waals surface area (Å²) in [7, 11) is 0. The minimum Gasteiger partial charge on any atom is -0.392 e. The number of rotatable bonds is 5. The lowest BCUT2D eigenvalue weighted by Crippen LogP contribution is -2.32. The number of para-hydroxylation sites is 1. The topological polar surface area (TPSA) is 61.4 Å². The molecule has 4 heteroatoms. The largest absolute Gasteiger partial charge is 0.392 e. The molecule has 0 aliphatic carbocycles. The van der Waals surface area contributed by atoms with Crippen molar-refractivity contribution >= 4 is 11.6 Å². The van der Waals surface area contributed by atoms with Crippen LogP contribution in [-0.4, -0.2) is 23.6 Å². The average Bonchev–Trinajstić information content (AvgIpc) is 2.27. The van der Waals surface area contributed by atoms with Gasteiger partial charge in [0.15, 0.2) is 0 Å². The molecule has 0 aliphatic rings. The minimum absolute atomic E-state index is 0.0753. The van der Waals surface area contributed by atoms with Gasteiger partial charge in [-0.1, -0.05) is 32.0 Å². The quantitative estimate of drug-likeness (QED) is 0.699. The van der Waals surface area contributed by atoms with E-state index in [4.69, 9.17) is 5.11 Å². The molecular formula is C12H18N2O2. The van der Waals surface area contributed by atoms with Gasteiger partial charge in [-0.25, -0.2) is 0 Å². The van der Waals surface area contributed by atoms with Gasteiger partial charge in [-0.2, -0.15) is 0 Å². The highest BCUT2D eigenvalue weighted by atomic mass is 16.3. The number of hydrogen-bond acceptors (Lipinski definition) is 3. The third kappa shape index (κ3) is 4.00. The van der Waals surface area contributed by atoms with Gasteiger partial charge in [0.1, 0.15) is 0 Å². The Labute approximate surface area is 95.7 Å². The number of amides is 1. The Morgan fingerprint density at radius 2 is 2.06 bits per heavy atom. The molecule has 0 unspecified atom stereocenters. The Kier molecular flexibility index (Phi) is 4.95. The average molecular weight is 222 g/mol. The number of hydrogen-bond donors (Lipinski definition) is 3. The van der Waals surface area contributed by atoms with Crippen LogP contribution in [-0.2, 0) is 11.4 Å². The van der Waals surface area contributed by atoms with Crippen LogP contribution in [0.15, 0.2) is 24.3 Å². The van der Waals surface area contributed by atoms with Gasteiger partial charge in [0, 0.05) is 17.3 Å². The first-order valence-electron chi connectivity index (χ1n) is 5.35. The van der Waals surface area contributed by atoms with E-state index in [1.807, 2.05) is 26.0 Å². The molecule has 0 atom stereocenters. The Morgan fingerprint density at radius 3 is 2.69 bits per heavy atom. The van der Waals surface area contributed by atoms with Crippen LogP contribution in [0.4, 0.5) is 5.69 Å². The maximum Gasteiger partial charge on any atom is 0.238 e. The summed E-state index contributed by atoms with van der Waals surface area (Å²) in [5, 5.41) is 14.9. The van der Waals surface area contributed by atoms with E-state index < -0.39 is 0 Å². The number of benzene rings is 1. The van der Waals surface area contributed by atoms with E-state index in [2.05, 4.69) is 10.6 Å². The van der Waals surface area contributed by atoms with Crippen molar-refractivity contribution < 1.29 is 9.90 Å². The molecule has 0 saturated heterocycles. The number of anilines is 1. The third-order valence-corrected chi connectivity index (χ3v) is 2.13. The van der Waals surface area contributed by atoms with Crippen LogP contribution in [0.5, 0.6) is 0 Å². The fraction of sp³-hybridized carbons (Fsp3) is 0.417. The van der Waals surface area contributed by atoms with Crippen molar-refractivity contribution in [2.75, 3.05) is 11.9 Å². The fourth-order valence-electron chi connectivity index (χ4n) is 1.27. The highest BCUT2D eigenvalue weighted by Gasteiger charge is 2.05. The highest BCUT2D eigenvalue weighted by molar-refractivity contribution is 5.92. The first-order valence-corrected chi connectivity index (χ1v) is 5.35. The van der Waals surface area contributed by atoms with Crippen LogP contribution in [0.25, 0.3) is 0 Å². The summed E-state index contributed by atoms with van der Waals surface area (Å²) < 4.78 is 0. The second-order valence-electron chi connectivity index (χ2n) is 3.90. The summed E-state index contributed by atoms with van der Waals surface area (Å²) >= 11 is 0. The summed E-state index contributed by atoms with van der Waals surface area (Å²) in [6, 6.07) is 7.49. The molecule has 0 aromatic heterocycles. The van der Waals surface area contributed by atoms with Gasteiger partial charge in [-0.3, -0.25) is 4.79 Å². The first-order chi connectivity index (χ1) is 7.63. The Balaban J connectivity index is 2.55. The summed E-state index contributed by atoms with van der Waals surface area (Å²) in [6.07, 6.45) is 0. The Bertz CT molecular complexity index is 351. The lowest BCUT2D eigenvalue weighted by molar-refractivity contribution is -0.115. The van der Waals surface area contributed by atoms with E-state index in [1.54, 1.807) is 12.1 Å². The van der Waals surface area contributed by atoms with Crippen LogP contribution in [0.1, 0.15) is 19.4 Å². The third-order valence-electron chi connectivity index (χ3n) is 2.13. The van der Waals surface area contributed by atoms with E-state index in [9.17, 15) is 4.79 Å². The molecule has 0 saturated carbocycles. The molecule has 0 spiro atoms.